The highest BCUT2D eigenvalue weighted by Crippen LogP contribution is 2.47. The number of nitrogens with zero attached hydrogens (tertiary/aromatic N) is 2. The Morgan fingerprint density at radius 2 is 2.00 bits per heavy atom. The van der Waals surface area contributed by atoms with E-state index in [1.165, 1.54) is 31.5 Å². The van der Waals surface area contributed by atoms with Crippen molar-refractivity contribution in [1.82, 2.24) is 9.88 Å². The summed E-state index contributed by atoms with van der Waals surface area (Å²) >= 11 is 3.54. The van der Waals surface area contributed by atoms with Gasteiger partial charge in [0.1, 0.15) is 0 Å². The van der Waals surface area contributed by atoms with Crippen molar-refractivity contribution < 1.29 is 4.79 Å². The molecule has 1 aliphatic heterocycles. The Balaban J connectivity index is 1.34. The average molecular weight is 445 g/mol. The number of carbonyl (C=O) groups excluding carboxylic acids is 1. The first-order valence-electron chi connectivity index (χ1n) is 10.9. The number of hydrogen-bond donors (Lipinski definition) is 0. The summed E-state index contributed by atoms with van der Waals surface area (Å²) < 4.78 is 2.33. The Bertz CT molecular complexity index is 1340. The number of carbonyl (C=O) groups is 1. The van der Waals surface area contributed by atoms with Crippen LogP contribution in [0.2, 0.25) is 0 Å². The third-order valence-corrected chi connectivity index (χ3v) is 9.37. The number of fused-ring (bicyclic) bond motifs is 6. The summed E-state index contributed by atoms with van der Waals surface area (Å²) in [6.45, 7) is 2.35. The third kappa shape index (κ3) is 3.01. The smallest absolute Gasteiger partial charge is 0.222 e. The second kappa shape index (κ2) is 7.07. The van der Waals surface area contributed by atoms with Gasteiger partial charge in [-0.25, -0.2) is 4.98 Å². The molecule has 1 aromatic heterocycles. The van der Waals surface area contributed by atoms with E-state index in [-0.39, 0.29) is 5.41 Å². The molecule has 4 aromatic rings. The molecule has 156 valence electrons. The van der Waals surface area contributed by atoms with Crippen molar-refractivity contribution in [3.63, 3.8) is 0 Å². The van der Waals surface area contributed by atoms with E-state index in [4.69, 9.17) is 4.98 Å². The minimum Gasteiger partial charge on any atom is -0.342 e. The second-order valence-electron chi connectivity index (χ2n) is 9.01. The van der Waals surface area contributed by atoms with Gasteiger partial charge in [0.05, 0.1) is 10.2 Å². The molecule has 31 heavy (non-hydrogen) atoms. The molecule has 0 bridgehead atoms. The topological polar surface area (TPSA) is 33.2 Å². The fourth-order valence-corrected chi connectivity index (χ4v) is 7.73. The molecule has 2 aliphatic rings. The molecular formula is C26H24N2OS2. The molecule has 2 heterocycles. The summed E-state index contributed by atoms with van der Waals surface area (Å²) in [5, 5.41) is 2.47. The number of rotatable bonds is 2. The number of aromatic nitrogens is 1. The van der Waals surface area contributed by atoms with Crippen LogP contribution in [0.3, 0.4) is 0 Å². The zero-order valence-electron chi connectivity index (χ0n) is 17.7. The maximum atomic E-state index is 12.2. The van der Waals surface area contributed by atoms with Crippen molar-refractivity contribution in [3.8, 4) is 0 Å². The maximum Gasteiger partial charge on any atom is 0.222 e. The summed E-state index contributed by atoms with van der Waals surface area (Å²) in [5.74, 6) is 0.293. The zero-order valence-corrected chi connectivity index (χ0v) is 19.4. The molecule has 5 heteroatoms. The minimum atomic E-state index is 0.0637. The van der Waals surface area contributed by atoms with E-state index in [9.17, 15) is 4.79 Å². The summed E-state index contributed by atoms with van der Waals surface area (Å²) in [5.41, 5.74) is 4.04. The van der Waals surface area contributed by atoms with Crippen LogP contribution in [-0.2, 0) is 16.6 Å². The van der Waals surface area contributed by atoms with Crippen molar-refractivity contribution in [3.05, 3.63) is 65.7 Å². The SMILES string of the molecule is CN1C(=O)CC[C@]2(C)c3ccc(Sc4nc5c(ccc6ccccc65)s4)cc3CC[C@@H]12. The number of likely N-dealkylation sites (tertiary alicyclic amines) is 1. The third-order valence-electron chi connectivity index (χ3n) is 7.30. The number of benzene rings is 3. The molecule has 1 saturated heterocycles. The van der Waals surface area contributed by atoms with E-state index >= 15 is 0 Å². The molecule has 3 aromatic carbocycles. The number of piperidine rings is 1. The number of thiazole rings is 1. The van der Waals surface area contributed by atoms with Crippen LogP contribution < -0.4 is 0 Å². The molecule has 2 atom stereocenters. The van der Waals surface area contributed by atoms with Crippen LogP contribution >= 0.6 is 23.1 Å². The first-order valence-corrected chi connectivity index (χ1v) is 12.5. The van der Waals surface area contributed by atoms with Crippen LogP contribution in [0.25, 0.3) is 21.0 Å². The van der Waals surface area contributed by atoms with Crippen LogP contribution in [0.1, 0.15) is 37.3 Å². The quantitative estimate of drug-likeness (QED) is 0.357. The highest BCUT2D eigenvalue weighted by molar-refractivity contribution is 8.01. The summed E-state index contributed by atoms with van der Waals surface area (Å²) in [4.78, 5) is 20.5. The van der Waals surface area contributed by atoms with E-state index in [2.05, 4.69) is 61.5 Å². The predicted octanol–water partition coefficient (Wildman–Crippen LogP) is 6.43. The molecule has 0 N–H and O–H groups in total. The fraction of sp³-hybridized carbons (Fsp3) is 0.308. The predicted molar refractivity (Wildman–Crippen MR) is 129 cm³/mol. The summed E-state index contributed by atoms with van der Waals surface area (Å²) in [7, 11) is 1.98. The van der Waals surface area contributed by atoms with Gasteiger partial charge in [-0.1, -0.05) is 55.1 Å². The van der Waals surface area contributed by atoms with E-state index in [0.717, 1.165) is 29.1 Å². The molecule has 6 rings (SSSR count). The van der Waals surface area contributed by atoms with E-state index < -0.39 is 0 Å². The average Bonchev–Trinajstić information content (AvgIpc) is 3.19. The Morgan fingerprint density at radius 1 is 1.13 bits per heavy atom. The summed E-state index contributed by atoms with van der Waals surface area (Å²) in [6, 6.07) is 20.1. The van der Waals surface area contributed by atoms with Crippen molar-refractivity contribution in [1.29, 1.82) is 0 Å². The number of likely N-dealkylation sites (N-methyl/N-ethyl adjacent to an activating group) is 1. The summed E-state index contributed by atoms with van der Waals surface area (Å²) in [6.07, 6.45) is 3.68. The van der Waals surface area contributed by atoms with Gasteiger partial charge < -0.3 is 4.90 Å². The Kier molecular flexibility index (Phi) is 4.41. The molecule has 1 fully saturated rings. The molecular weight excluding hydrogens is 420 g/mol. The van der Waals surface area contributed by atoms with Gasteiger partial charge in [0.15, 0.2) is 4.34 Å². The number of aryl methyl sites for hydroxylation is 1. The standard InChI is InChI=1S/C26H24N2OS2/c1-26-14-13-23(29)28(2)22(26)12-8-17-15-18(9-10-20(17)26)30-25-27-24-19-6-4-3-5-16(19)7-11-21(24)31-25/h3-7,9-11,15,22H,8,12-14H2,1-2H3/t22-,26-/m1/s1. The van der Waals surface area contributed by atoms with Gasteiger partial charge in [-0.05, 0) is 54.0 Å². The minimum absolute atomic E-state index is 0.0637. The Hall–Kier alpha value is -2.37. The first-order chi connectivity index (χ1) is 15.0. The lowest BCUT2D eigenvalue weighted by atomic mass is 9.63. The highest BCUT2D eigenvalue weighted by Gasteiger charge is 2.46. The van der Waals surface area contributed by atoms with Gasteiger partial charge in [-0.3, -0.25) is 4.79 Å². The maximum absolute atomic E-state index is 12.2. The molecule has 0 unspecified atom stereocenters. The normalized spacial score (nSPS) is 23.2. The van der Waals surface area contributed by atoms with Gasteiger partial charge in [-0.2, -0.15) is 0 Å². The van der Waals surface area contributed by atoms with E-state index in [1.54, 1.807) is 23.1 Å². The highest BCUT2D eigenvalue weighted by atomic mass is 32.2. The lowest BCUT2D eigenvalue weighted by Crippen LogP contribution is -2.56. The Labute approximate surface area is 190 Å². The van der Waals surface area contributed by atoms with Gasteiger partial charge in [0, 0.05) is 35.2 Å². The van der Waals surface area contributed by atoms with Crippen LogP contribution in [0, 0.1) is 0 Å². The number of hydrogen-bond acceptors (Lipinski definition) is 4. The molecule has 0 spiro atoms. The number of amides is 1. The lowest BCUT2D eigenvalue weighted by Gasteiger charge is -2.50. The largest absolute Gasteiger partial charge is 0.342 e. The van der Waals surface area contributed by atoms with Crippen molar-refractivity contribution in [2.45, 2.75) is 53.3 Å². The lowest BCUT2D eigenvalue weighted by molar-refractivity contribution is -0.138. The molecule has 1 aliphatic carbocycles. The molecule has 0 radical (unpaired) electrons. The molecule has 0 saturated carbocycles. The van der Waals surface area contributed by atoms with Gasteiger partial charge >= 0.3 is 0 Å². The van der Waals surface area contributed by atoms with Crippen LogP contribution in [-0.4, -0.2) is 28.9 Å². The van der Waals surface area contributed by atoms with Gasteiger partial charge in [-0.15, -0.1) is 11.3 Å². The fourth-order valence-electron chi connectivity index (χ4n) is 5.61. The molecule has 1 amide bonds. The van der Waals surface area contributed by atoms with Crippen LogP contribution in [0.4, 0.5) is 0 Å². The van der Waals surface area contributed by atoms with Crippen molar-refractivity contribution in [2.75, 3.05) is 7.05 Å². The second-order valence-corrected chi connectivity index (χ2v) is 11.4. The van der Waals surface area contributed by atoms with E-state index in [0.29, 0.717) is 18.4 Å². The Morgan fingerprint density at radius 3 is 2.90 bits per heavy atom. The monoisotopic (exact) mass is 444 g/mol. The van der Waals surface area contributed by atoms with Gasteiger partial charge in [0.2, 0.25) is 5.91 Å². The van der Waals surface area contributed by atoms with Crippen molar-refractivity contribution >= 4 is 50.0 Å². The van der Waals surface area contributed by atoms with Crippen LogP contribution in [0.15, 0.2) is 63.8 Å². The zero-order chi connectivity index (χ0) is 21.2. The van der Waals surface area contributed by atoms with Crippen molar-refractivity contribution in [2.24, 2.45) is 0 Å². The molecule has 3 nitrogen and oxygen atoms in total. The first kappa shape index (κ1) is 19.3. The van der Waals surface area contributed by atoms with E-state index in [1.807, 2.05) is 11.9 Å². The van der Waals surface area contributed by atoms with Crippen LogP contribution in [0.5, 0.6) is 0 Å². The van der Waals surface area contributed by atoms with Gasteiger partial charge in [0.25, 0.3) is 0 Å².